The van der Waals surface area contributed by atoms with E-state index in [4.69, 9.17) is 0 Å². The van der Waals surface area contributed by atoms with Gasteiger partial charge in [-0.15, -0.1) is 5.10 Å². The van der Waals surface area contributed by atoms with Crippen LogP contribution in [0.15, 0.2) is 0 Å². The highest BCUT2D eigenvalue weighted by atomic mass is 16.2. The Morgan fingerprint density at radius 3 is 2.24 bits per heavy atom. The van der Waals surface area contributed by atoms with Crippen LogP contribution in [0.2, 0.25) is 0 Å². The lowest BCUT2D eigenvalue weighted by molar-refractivity contribution is 0.0877. The summed E-state index contributed by atoms with van der Waals surface area (Å²) in [5, 5.41) is 9.73. The normalized spacial score (nSPS) is 11.5. The second-order valence-electron chi connectivity index (χ2n) is 4.25. The number of aromatic nitrogens is 3. The highest BCUT2D eigenvalue weighted by molar-refractivity contribution is 5.90. The summed E-state index contributed by atoms with van der Waals surface area (Å²) in [5.41, 5.74) is -0.135. The van der Waals surface area contributed by atoms with E-state index in [2.05, 4.69) is 41.3 Å². The first-order chi connectivity index (χ1) is 8.10. The van der Waals surface area contributed by atoms with E-state index in [1.54, 1.807) is 0 Å². The molecular formula is C12H22N4O. The highest BCUT2D eigenvalue weighted by Crippen LogP contribution is 2.19. The average Bonchev–Trinajstić information content (AvgIpc) is 2.85. The SMILES string of the molecule is CCc1nc(C(=O)NC(CC)(CC)CC)n[nH]1. The number of hydrogen-bond donors (Lipinski definition) is 2. The van der Waals surface area contributed by atoms with Gasteiger partial charge in [0.25, 0.3) is 5.91 Å². The largest absolute Gasteiger partial charge is 0.344 e. The number of aryl methyl sites for hydroxylation is 1. The van der Waals surface area contributed by atoms with Crippen LogP contribution in [0.4, 0.5) is 0 Å². The summed E-state index contributed by atoms with van der Waals surface area (Å²) in [6, 6.07) is 0. The fourth-order valence-electron chi connectivity index (χ4n) is 1.87. The summed E-state index contributed by atoms with van der Waals surface area (Å²) in [6.07, 6.45) is 3.49. The minimum atomic E-state index is -0.188. The Hall–Kier alpha value is -1.39. The molecule has 0 spiro atoms. The Labute approximate surface area is 102 Å². The van der Waals surface area contributed by atoms with E-state index in [0.29, 0.717) is 0 Å². The molecule has 0 bridgehead atoms. The predicted octanol–water partition coefficient (Wildman–Crippen LogP) is 2.07. The van der Waals surface area contributed by atoms with Crippen molar-refractivity contribution in [3.63, 3.8) is 0 Å². The second-order valence-corrected chi connectivity index (χ2v) is 4.25. The third-order valence-corrected chi connectivity index (χ3v) is 3.48. The van der Waals surface area contributed by atoms with E-state index in [0.717, 1.165) is 31.5 Å². The van der Waals surface area contributed by atoms with E-state index in [9.17, 15) is 4.79 Å². The molecule has 0 aliphatic heterocycles. The zero-order valence-electron chi connectivity index (χ0n) is 11.1. The van der Waals surface area contributed by atoms with E-state index in [1.165, 1.54) is 0 Å². The van der Waals surface area contributed by atoms with Crippen LogP contribution in [0.1, 0.15) is 63.4 Å². The molecule has 0 fully saturated rings. The zero-order valence-corrected chi connectivity index (χ0v) is 11.1. The van der Waals surface area contributed by atoms with E-state index in [1.807, 2.05) is 6.92 Å². The van der Waals surface area contributed by atoms with Crippen LogP contribution in [0.5, 0.6) is 0 Å². The number of carbonyl (C=O) groups is 1. The number of carbonyl (C=O) groups excluding carboxylic acids is 1. The first-order valence-corrected chi connectivity index (χ1v) is 6.34. The number of hydrogen-bond acceptors (Lipinski definition) is 3. The lowest BCUT2D eigenvalue weighted by Gasteiger charge is -2.31. The van der Waals surface area contributed by atoms with Crippen molar-refractivity contribution >= 4 is 5.91 Å². The standard InChI is InChI=1S/C12H22N4O/c1-5-9-13-10(16-15-9)11(17)14-12(6-2,7-3)8-4/h5-8H2,1-4H3,(H,14,17)(H,13,15,16). The van der Waals surface area contributed by atoms with Crippen molar-refractivity contribution in [3.05, 3.63) is 11.6 Å². The summed E-state index contributed by atoms with van der Waals surface area (Å²) in [6.45, 7) is 8.23. The van der Waals surface area contributed by atoms with Crippen molar-refractivity contribution in [2.45, 2.75) is 58.9 Å². The highest BCUT2D eigenvalue weighted by Gasteiger charge is 2.27. The molecule has 0 saturated heterocycles. The molecule has 1 heterocycles. The molecule has 0 radical (unpaired) electrons. The Morgan fingerprint density at radius 2 is 1.82 bits per heavy atom. The van der Waals surface area contributed by atoms with Gasteiger partial charge in [0, 0.05) is 12.0 Å². The Morgan fingerprint density at radius 1 is 1.24 bits per heavy atom. The fraction of sp³-hybridized carbons (Fsp3) is 0.750. The smallest absolute Gasteiger partial charge is 0.291 e. The van der Waals surface area contributed by atoms with E-state index < -0.39 is 0 Å². The van der Waals surface area contributed by atoms with Gasteiger partial charge < -0.3 is 5.32 Å². The molecule has 1 aromatic heterocycles. The molecule has 2 N–H and O–H groups in total. The van der Waals surface area contributed by atoms with Gasteiger partial charge in [0.1, 0.15) is 5.82 Å². The van der Waals surface area contributed by atoms with Crippen LogP contribution < -0.4 is 5.32 Å². The van der Waals surface area contributed by atoms with Crippen molar-refractivity contribution in [1.29, 1.82) is 0 Å². The number of rotatable bonds is 6. The van der Waals surface area contributed by atoms with Crippen molar-refractivity contribution in [2.75, 3.05) is 0 Å². The Kier molecular flexibility index (Phi) is 4.66. The minimum Gasteiger partial charge on any atom is -0.344 e. The third-order valence-electron chi connectivity index (χ3n) is 3.48. The number of H-pyrrole nitrogens is 1. The zero-order chi connectivity index (χ0) is 12.9. The molecule has 0 saturated carbocycles. The molecule has 5 nitrogen and oxygen atoms in total. The summed E-state index contributed by atoms with van der Waals surface area (Å²) in [4.78, 5) is 16.1. The molecule has 1 aromatic rings. The molecule has 1 rings (SSSR count). The number of nitrogens with zero attached hydrogens (tertiary/aromatic N) is 2. The number of amides is 1. The van der Waals surface area contributed by atoms with Crippen LogP contribution >= 0.6 is 0 Å². The summed E-state index contributed by atoms with van der Waals surface area (Å²) in [7, 11) is 0. The van der Waals surface area contributed by atoms with Gasteiger partial charge in [-0.3, -0.25) is 9.89 Å². The molecule has 0 atom stereocenters. The van der Waals surface area contributed by atoms with Gasteiger partial charge in [0.2, 0.25) is 5.82 Å². The summed E-state index contributed by atoms with van der Waals surface area (Å²) >= 11 is 0. The Balaban J connectivity index is 2.77. The number of aromatic amines is 1. The van der Waals surface area contributed by atoms with Crippen molar-refractivity contribution < 1.29 is 4.79 Å². The molecule has 1 amide bonds. The van der Waals surface area contributed by atoms with Gasteiger partial charge in [-0.1, -0.05) is 27.7 Å². The number of nitrogens with one attached hydrogen (secondary N) is 2. The molecule has 96 valence electrons. The molecule has 0 aromatic carbocycles. The van der Waals surface area contributed by atoms with Crippen LogP contribution in [0.3, 0.4) is 0 Å². The summed E-state index contributed by atoms with van der Waals surface area (Å²) in [5.74, 6) is 0.790. The quantitative estimate of drug-likeness (QED) is 0.797. The van der Waals surface area contributed by atoms with Gasteiger partial charge in [0.05, 0.1) is 0 Å². The van der Waals surface area contributed by atoms with Crippen molar-refractivity contribution in [2.24, 2.45) is 0 Å². The predicted molar refractivity (Wildman–Crippen MR) is 66.8 cm³/mol. The van der Waals surface area contributed by atoms with Gasteiger partial charge >= 0.3 is 0 Å². The van der Waals surface area contributed by atoms with E-state index in [-0.39, 0.29) is 17.3 Å². The monoisotopic (exact) mass is 238 g/mol. The molecule has 0 aliphatic rings. The first kappa shape index (κ1) is 13.7. The topological polar surface area (TPSA) is 70.7 Å². The van der Waals surface area contributed by atoms with Crippen LogP contribution in [-0.2, 0) is 6.42 Å². The maximum Gasteiger partial charge on any atom is 0.291 e. The average molecular weight is 238 g/mol. The molecule has 17 heavy (non-hydrogen) atoms. The first-order valence-electron chi connectivity index (χ1n) is 6.34. The maximum atomic E-state index is 12.0. The second kappa shape index (κ2) is 5.80. The molecule has 0 aliphatic carbocycles. The van der Waals surface area contributed by atoms with Crippen LogP contribution in [0, 0.1) is 0 Å². The molecular weight excluding hydrogens is 216 g/mol. The lowest BCUT2D eigenvalue weighted by atomic mass is 9.90. The Bertz CT molecular complexity index is 360. The summed E-state index contributed by atoms with van der Waals surface area (Å²) < 4.78 is 0. The third kappa shape index (κ3) is 3.05. The molecule has 0 unspecified atom stereocenters. The van der Waals surface area contributed by atoms with Gasteiger partial charge in [-0.2, -0.15) is 0 Å². The van der Waals surface area contributed by atoms with Crippen LogP contribution in [0.25, 0.3) is 0 Å². The van der Waals surface area contributed by atoms with Gasteiger partial charge in [-0.05, 0) is 19.3 Å². The fourth-order valence-corrected chi connectivity index (χ4v) is 1.87. The van der Waals surface area contributed by atoms with Gasteiger partial charge in [-0.25, -0.2) is 4.98 Å². The molecule has 5 heteroatoms. The van der Waals surface area contributed by atoms with Gasteiger partial charge in [0.15, 0.2) is 0 Å². The van der Waals surface area contributed by atoms with Crippen molar-refractivity contribution in [3.8, 4) is 0 Å². The lowest BCUT2D eigenvalue weighted by Crippen LogP contribution is -2.47. The van der Waals surface area contributed by atoms with E-state index >= 15 is 0 Å². The minimum absolute atomic E-state index is 0.135. The van der Waals surface area contributed by atoms with Crippen molar-refractivity contribution in [1.82, 2.24) is 20.5 Å². The van der Waals surface area contributed by atoms with Crippen LogP contribution in [-0.4, -0.2) is 26.6 Å². The maximum absolute atomic E-state index is 12.0.